The van der Waals surface area contributed by atoms with Gasteiger partial charge in [-0.1, -0.05) is 91.0 Å². The summed E-state index contributed by atoms with van der Waals surface area (Å²) in [5.74, 6) is 0. The van der Waals surface area contributed by atoms with Crippen molar-refractivity contribution in [2.45, 2.75) is 38.3 Å². The molecule has 0 unspecified atom stereocenters. The molecule has 0 amide bonds. The van der Waals surface area contributed by atoms with Crippen LogP contribution < -0.4 is 0 Å². The van der Waals surface area contributed by atoms with Crippen LogP contribution in [0.4, 0.5) is 0 Å². The van der Waals surface area contributed by atoms with E-state index in [2.05, 4.69) is 0 Å². The van der Waals surface area contributed by atoms with Crippen LogP contribution >= 0.6 is 0 Å². The Balaban J connectivity index is 1.74. The Morgan fingerprint density at radius 3 is 1.47 bits per heavy atom. The maximum Gasteiger partial charge on any atom is 0.295 e. The van der Waals surface area contributed by atoms with Crippen molar-refractivity contribution in [1.82, 2.24) is 0 Å². The molecule has 3 aromatic carbocycles. The fraction of sp³-hybridized carbons (Fsp3) is 0.231. The van der Waals surface area contributed by atoms with Gasteiger partial charge in [0, 0.05) is 0 Å². The van der Waals surface area contributed by atoms with Crippen molar-refractivity contribution in [3.05, 3.63) is 108 Å². The molecule has 6 heteroatoms. The summed E-state index contributed by atoms with van der Waals surface area (Å²) < 4.78 is 22.9. The van der Waals surface area contributed by atoms with Gasteiger partial charge in [0.25, 0.3) is 6.47 Å². The van der Waals surface area contributed by atoms with E-state index < -0.39 is 18.5 Å². The molecule has 0 aliphatic rings. The van der Waals surface area contributed by atoms with Crippen LogP contribution in [0.2, 0.25) is 0 Å². The molecule has 6 nitrogen and oxygen atoms in total. The van der Waals surface area contributed by atoms with Crippen LogP contribution in [0.15, 0.2) is 91.0 Å². The van der Waals surface area contributed by atoms with Crippen molar-refractivity contribution in [1.29, 1.82) is 0 Å². The highest BCUT2D eigenvalue weighted by Gasteiger charge is 2.34. The molecule has 0 fully saturated rings. The first-order chi connectivity index (χ1) is 15.8. The Labute approximate surface area is 187 Å². The average molecular weight is 434 g/mol. The van der Waals surface area contributed by atoms with Gasteiger partial charge in [-0.15, -0.1) is 0 Å². The van der Waals surface area contributed by atoms with Crippen LogP contribution in [-0.2, 0) is 48.4 Å². The first-order valence-electron chi connectivity index (χ1n) is 10.3. The molecular formula is C26H26O6. The van der Waals surface area contributed by atoms with Crippen LogP contribution in [0.1, 0.15) is 16.7 Å². The normalized spacial score (nSPS) is 13.6. The van der Waals surface area contributed by atoms with Crippen LogP contribution in [-0.4, -0.2) is 31.3 Å². The predicted molar refractivity (Wildman–Crippen MR) is 118 cm³/mol. The summed E-state index contributed by atoms with van der Waals surface area (Å²) in [6.45, 7) is 0.850. The van der Waals surface area contributed by atoms with Gasteiger partial charge >= 0.3 is 0 Å². The van der Waals surface area contributed by atoms with Crippen LogP contribution in [0.3, 0.4) is 0 Å². The molecule has 0 heterocycles. The minimum Gasteiger partial charge on any atom is -0.435 e. The van der Waals surface area contributed by atoms with E-state index in [-0.39, 0.29) is 26.3 Å². The highest BCUT2D eigenvalue weighted by molar-refractivity contribution is 5.57. The summed E-state index contributed by atoms with van der Waals surface area (Å²) >= 11 is 0. The van der Waals surface area contributed by atoms with Gasteiger partial charge in [-0.05, 0) is 16.7 Å². The van der Waals surface area contributed by atoms with Gasteiger partial charge in [0.2, 0.25) is 6.29 Å². The Bertz CT molecular complexity index is 917. The third kappa shape index (κ3) is 7.42. The summed E-state index contributed by atoms with van der Waals surface area (Å²) in [6, 6.07) is 28.4. The maximum absolute atomic E-state index is 12.0. The van der Waals surface area contributed by atoms with Crippen LogP contribution in [0, 0.1) is 0 Å². The third-order valence-corrected chi connectivity index (χ3v) is 4.74. The van der Waals surface area contributed by atoms with E-state index in [0.29, 0.717) is 6.29 Å². The molecule has 0 aliphatic carbocycles. The number of carbonyl (C=O) groups is 2. The van der Waals surface area contributed by atoms with Gasteiger partial charge in [-0.25, -0.2) is 0 Å². The summed E-state index contributed by atoms with van der Waals surface area (Å²) in [4.78, 5) is 23.2. The second-order valence-electron chi connectivity index (χ2n) is 7.06. The third-order valence-electron chi connectivity index (χ3n) is 4.74. The van der Waals surface area contributed by atoms with Crippen molar-refractivity contribution in [3.8, 4) is 0 Å². The predicted octanol–water partition coefficient (Wildman–Crippen LogP) is 4.07. The Morgan fingerprint density at radius 1 is 0.594 bits per heavy atom. The van der Waals surface area contributed by atoms with Crippen molar-refractivity contribution in [2.75, 3.05) is 0 Å². The van der Waals surface area contributed by atoms with Crippen molar-refractivity contribution in [2.24, 2.45) is 0 Å². The summed E-state index contributed by atoms with van der Waals surface area (Å²) in [7, 11) is 0. The van der Waals surface area contributed by atoms with E-state index in [4.69, 9.17) is 18.9 Å². The fourth-order valence-electron chi connectivity index (χ4n) is 3.09. The Kier molecular flexibility index (Phi) is 9.61. The van der Waals surface area contributed by atoms with Crippen LogP contribution in [0.5, 0.6) is 0 Å². The van der Waals surface area contributed by atoms with Crippen molar-refractivity contribution >= 4 is 12.8 Å². The number of hydrogen-bond donors (Lipinski definition) is 0. The quantitative estimate of drug-likeness (QED) is 0.281. The molecule has 0 N–H and O–H groups in total. The molecule has 0 radical (unpaired) electrons. The van der Waals surface area contributed by atoms with Crippen LogP contribution in [0.25, 0.3) is 0 Å². The molecule has 3 aromatic rings. The van der Waals surface area contributed by atoms with Crippen molar-refractivity contribution < 1.29 is 28.5 Å². The number of hydrogen-bond acceptors (Lipinski definition) is 6. The van der Waals surface area contributed by atoms with E-state index in [1.165, 1.54) is 0 Å². The van der Waals surface area contributed by atoms with E-state index in [1.54, 1.807) is 0 Å². The molecule has 166 valence electrons. The Morgan fingerprint density at radius 2 is 1.03 bits per heavy atom. The van der Waals surface area contributed by atoms with E-state index >= 15 is 0 Å². The van der Waals surface area contributed by atoms with Gasteiger partial charge in [0.1, 0.15) is 6.10 Å². The first-order valence-corrected chi connectivity index (χ1v) is 10.3. The zero-order valence-corrected chi connectivity index (χ0v) is 17.6. The molecule has 0 aliphatic heterocycles. The van der Waals surface area contributed by atoms with E-state index in [1.807, 2.05) is 91.0 Å². The smallest absolute Gasteiger partial charge is 0.295 e. The summed E-state index contributed by atoms with van der Waals surface area (Å²) in [6.07, 6.45) is -2.47. The molecule has 0 saturated heterocycles. The number of aldehydes is 1. The molecule has 0 aromatic heterocycles. The minimum atomic E-state index is -1.14. The fourth-order valence-corrected chi connectivity index (χ4v) is 3.09. The lowest BCUT2D eigenvalue weighted by Gasteiger charge is -2.29. The second-order valence-corrected chi connectivity index (χ2v) is 7.06. The largest absolute Gasteiger partial charge is 0.435 e. The molecule has 0 saturated carbocycles. The number of ether oxygens (including phenoxy) is 4. The lowest BCUT2D eigenvalue weighted by atomic mass is 10.1. The SMILES string of the molecule is O=CO[C@@H](OCc1ccccc1)[C@H](OCc1ccccc1)[C@@H](C=O)OCc1ccccc1. The lowest BCUT2D eigenvalue weighted by Crippen LogP contribution is -2.44. The number of benzene rings is 3. The highest BCUT2D eigenvalue weighted by Crippen LogP contribution is 2.18. The number of carbonyl (C=O) groups excluding carboxylic acids is 2. The standard InChI is InChI=1S/C26H26O6/c27-16-24(29-17-21-10-4-1-5-11-21)25(30-18-22-12-6-2-7-13-22)26(32-20-28)31-19-23-14-8-3-9-15-23/h1-16,20,24-26H,17-19H2/t24-,25-,26-/m1/s1. The average Bonchev–Trinajstić information content (AvgIpc) is 2.86. The Hall–Kier alpha value is -3.32. The van der Waals surface area contributed by atoms with E-state index in [0.717, 1.165) is 16.7 Å². The maximum atomic E-state index is 12.0. The van der Waals surface area contributed by atoms with Gasteiger partial charge < -0.3 is 23.7 Å². The molecule has 32 heavy (non-hydrogen) atoms. The van der Waals surface area contributed by atoms with Gasteiger partial charge in [-0.2, -0.15) is 0 Å². The second kappa shape index (κ2) is 13.2. The van der Waals surface area contributed by atoms with Gasteiger partial charge in [0.15, 0.2) is 12.4 Å². The molecule has 3 rings (SSSR count). The molecule has 3 atom stereocenters. The topological polar surface area (TPSA) is 71.1 Å². The molecular weight excluding hydrogens is 408 g/mol. The zero-order chi connectivity index (χ0) is 22.4. The van der Waals surface area contributed by atoms with Gasteiger partial charge in [0.05, 0.1) is 19.8 Å². The van der Waals surface area contributed by atoms with Gasteiger partial charge in [-0.3, -0.25) is 4.79 Å². The van der Waals surface area contributed by atoms with Crippen molar-refractivity contribution in [3.63, 3.8) is 0 Å². The lowest BCUT2D eigenvalue weighted by molar-refractivity contribution is -0.228. The molecule has 0 bridgehead atoms. The molecule has 0 spiro atoms. The van der Waals surface area contributed by atoms with E-state index in [9.17, 15) is 9.59 Å². The summed E-state index contributed by atoms with van der Waals surface area (Å²) in [5, 5.41) is 0. The zero-order valence-electron chi connectivity index (χ0n) is 17.6. The number of rotatable bonds is 14. The first kappa shape index (κ1) is 23.3. The minimum absolute atomic E-state index is 0.175. The summed E-state index contributed by atoms with van der Waals surface area (Å²) in [5.41, 5.74) is 2.69. The highest BCUT2D eigenvalue weighted by atomic mass is 16.7. The monoisotopic (exact) mass is 434 g/mol.